The number of benzene rings is 1. The average Bonchev–Trinajstić information content (AvgIpc) is 3.14. The van der Waals surface area contributed by atoms with Crippen molar-refractivity contribution in [2.75, 3.05) is 5.32 Å². The summed E-state index contributed by atoms with van der Waals surface area (Å²) in [7, 11) is 0. The van der Waals surface area contributed by atoms with E-state index in [-0.39, 0.29) is 18.6 Å². The van der Waals surface area contributed by atoms with Gasteiger partial charge in [-0.2, -0.15) is 5.26 Å². The highest BCUT2D eigenvalue weighted by Gasteiger charge is 2.20. The lowest BCUT2D eigenvalue weighted by molar-refractivity contribution is -0.153. The molecule has 0 aliphatic heterocycles. The van der Waals surface area contributed by atoms with Gasteiger partial charge in [0.05, 0.1) is 12.0 Å². The van der Waals surface area contributed by atoms with Crippen molar-refractivity contribution in [3.63, 3.8) is 0 Å². The molecule has 0 aliphatic rings. The Hall–Kier alpha value is -2.98. The molecule has 1 aromatic carbocycles. The Balaban J connectivity index is 1.80. The molecule has 2 rings (SSSR count). The molecule has 1 atom stereocenters. The second-order valence-corrected chi connectivity index (χ2v) is 7.18. The van der Waals surface area contributed by atoms with Gasteiger partial charge in [-0.15, -0.1) is 11.3 Å². The number of Topliss-reactive ketones (excluding diaryl/α,β-unsaturated/α-hetero) is 1. The maximum atomic E-state index is 12.2. The van der Waals surface area contributed by atoms with Crippen molar-refractivity contribution >= 4 is 34.0 Å². The Morgan fingerprint density at radius 2 is 1.89 bits per heavy atom. The molecule has 1 amide bonds. The maximum Gasteiger partial charge on any atom is 0.307 e. The summed E-state index contributed by atoms with van der Waals surface area (Å²) in [5.41, 5.74) is 2.08. The first-order chi connectivity index (χ1) is 13.4. The number of anilines is 1. The lowest BCUT2D eigenvalue weighted by Gasteiger charge is -2.13. The van der Waals surface area contributed by atoms with E-state index in [9.17, 15) is 14.4 Å². The van der Waals surface area contributed by atoms with E-state index in [1.165, 1.54) is 23.8 Å². The largest absolute Gasteiger partial charge is 0.453 e. The number of carbonyl (C=O) groups is 3. The molecule has 1 N–H and O–H groups in total. The highest BCUT2D eigenvalue weighted by atomic mass is 32.1. The number of nitrogens with one attached hydrogen (secondary N) is 1. The van der Waals surface area contributed by atoms with Gasteiger partial charge >= 0.3 is 5.97 Å². The number of ketones is 1. The molecule has 0 saturated carbocycles. The minimum absolute atomic E-state index is 0.0177. The number of hydrogen-bond acceptors (Lipinski definition) is 6. The van der Waals surface area contributed by atoms with E-state index in [0.717, 1.165) is 12.8 Å². The van der Waals surface area contributed by atoms with Gasteiger partial charge in [0.15, 0.2) is 11.9 Å². The van der Waals surface area contributed by atoms with E-state index in [4.69, 9.17) is 10.00 Å². The second kappa shape index (κ2) is 10.4. The topological polar surface area (TPSA) is 96.3 Å². The predicted molar refractivity (Wildman–Crippen MR) is 107 cm³/mol. The Morgan fingerprint density at radius 1 is 1.18 bits per heavy atom. The van der Waals surface area contributed by atoms with Gasteiger partial charge in [0.2, 0.25) is 0 Å². The fourth-order valence-corrected chi connectivity index (χ4v) is 3.26. The van der Waals surface area contributed by atoms with E-state index in [2.05, 4.69) is 12.2 Å². The van der Waals surface area contributed by atoms with Gasteiger partial charge < -0.3 is 10.1 Å². The number of nitriles is 1. The fraction of sp³-hybridized carbons (Fsp3) is 0.333. The molecule has 1 heterocycles. The lowest BCUT2D eigenvalue weighted by Crippen LogP contribution is -2.30. The zero-order valence-corrected chi connectivity index (χ0v) is 16.7. The Bertz CT molecular complexity index is 881. The van der Waals surface area contributed by atoms with Crippen molar-refractivity contribution in [1.29, 1.82) is 5.26 Å². The second-order valence-electron chi connectivity index (χ2n) is 6.27. The fourth-order valence-electron chi connectivity index (χ4n) is 2.52. The standard InChI is InChI=1S/C21H22N2O4S/c1-3-4-15-5-7-16(8-6-15)18(24)9-10-19(25)27-14(2)20(26)23-21-17(13-22)11-12-28-21/h5-8,11-12,14H,3-4,9-10H2,1-2H3,(H,23,26)/t14-/m0/s1. The number of thiophene rings is 1. The van der Waals surface area contributed by atoms with Crippen LogP contribution in [0.2, 0.25) is 0 Å². The summed E-state index contributed by atoms with van der Waals surface area (Å²) in [4.78, 5) is 36.3. The molecular formula is C21H22N2O4S. The minimum Gasteiger partial charge on any atom is -0.453 e. The molecule has 28 heavy (non-hydrogen) atoms. The Kier molecular flexibility index (Phi) is 7.90. The van der Waals surface area contributed by atoms with E-state index in [1.54, 1.807) is 23.6 Å². The summed E-state index contributed by atoms with van der Waals surface area (Å²) >= 11 is 1.21. The molecule has 0 spiro atoms. The highest BCUT2D eigenvalue weighted by molar-refractivity contribution is 7.14. The SMILES string of the molecule is CCCc1ccc(C(=O)CCC(=O)O[C@@H](C)C(=O)Nc2sccc2C#N)cc1. The van der Waals surface area contributed by atoms with Gasteiger partial charge in [0.1, 0.15) is 11.1 Å². The van der Waals surface area contributed by atoms with Gasteiger partial charge in [-0.05, 0) is 30.4 Å². The molecule has 1 aromatic heterocycles. The molecule has 0 saturated heterocycles. The number of esters is 1. The van der Waals surface area contributed by atoms with Crippen LogP contribution in [-0.4, -0.2) is 23.8 Å². The number of rotatable bonds is 9. The normalized spacial score (nSPS) is 11.3. The Morgan fingerprint density at radius 3 is 2.54 bits per heavy atom. The van der Waals surface area contributed by atoms with Crippen molar-refractivity contribution in [3.8, 4) is 6.07 Å². The number of hydrogen-bond donors (Lipinski definition) is 1. The molecule has 6 nitrogen and oxygen atoms in total. The van der Waals surface area contributed by atoms with Crippen LogP contribution in [0.4, 0.5) is 5.00 Å². The van der Waals surface area contributed by atoms with Gasteiger partial charge in [-0.3, -0.25) is 14.4 Å². The molecule has 146 valence electrons. The van der Waals surface area contributed by atoms with E-state index in [1.807, 2.05) is 18.2 Å². The van der Waals surface area contributed by atoms with Crippen LogP contribution in [0, 0.1) is 11.3 Å². The molecule has 0 unspecified atom stereocenters. The van der Waals surface area contributed by atoms with Crippen LogP contribution < -0.4 is 5.32 Å². The number of ether oxygens (including phenoxy) is 1. The summed E-state index contributed by atoms with van der Waals surface area (Å²) in [6, 6.07) is 10.9. The number of aryl methyl sites for hydroxylation is 1. The van der Waals surface area contributed by atoms with Crippen molar-refractivity contribution in [3.05, 3.63) is 52.4 Å². The lowest BCUT2D eigenvalue weighted by atomic mass is 10.0. The van der Waals surface area contributed by atoms with Crippen LogP contribution >= 0.6 is 11.3 Å². The molecule has 7 heteroatoms. The van der Waals surface area contributed by atoms with Crippen molar-refractivity contribution in [2.45, 2.75) is 45.6 Å². The summed E-state index contributed by atoms with van der Waals surface area (Å²) in [6.07, 6.45) is 0.890. The molecule has 0 radical (unpaired) electrons. The summed E-state index contributed by atoms with van der Waals surface area (Å²) in [5, 5.41) is 13.6. The smallest absolute Gasteiger partial charge is 0.307 e. The van der Waals surface area contributed by atoms with E-state index >= 15 is 0 Å². The van der Waals surface area contributed by atoms with Gasteiger partial charge in [-0.25, -0.2) is 0 Å². The van der Waals surface area contributed by atoms with Gasteiger partial charge in [-0.1, -0.05) is 37.6 Å². The van der Waals surface area contributed by atoms with Crippen LogP contribution in [0.5, 0.6) is 0 Å². The third-order valence-corrected chi connectivity index (χ3v) is 4.90. The first-order valence-corrected chi connectivity index (χ1v) is 9.92. The van der Waals surface area contributed by atoms with Crippen LogP contribution in [0.1, 0.15) is 54.6 Å². The maximum absolute atomic E-state index is 12.2. The highest BCUT2D eigenvalue weighted by Crippen LogP contribution is 2.22. The van der Waals surface area contributed by atoms with Crippen molar-refractivity contribution in [1.82, 2.24) is 0 Å². The van der Waals surface area contributed by atoms with Gasteiger partial charge in [0, 0.05) is 12.0 Å². The molecule has 0 aliphatic carbocycles. The molecular weight excluding hydrogens is 376 g/mol. The average molecular weight is 398 g/mol. The van der Waals surface area contributed by atoms with Crippen LogP contribution in [0.15, 0.2) is 35.7 Å². The van der Waals surface area contributed by atoms with Gasteiger partial charge in [0.25, 0.3) is 5.91 Å². The van der Waals surface area contributed by atoms with E-state index < -0.39 is 18.0 Å². The summed E-state index contributed by atoms with van der Waals surface area (Å²) < 4.78 is 5.09. The third kappa shape index (κ3) is 6.03. The zero-order valence-electron chi connectivity index (χ0n) is 15.9. The summed E-state index contributed by atoms with van der Waals surface area (Å²) in [6.45, 7) is 3.54. The Labute approximate surface area is 168 Å². The van der Waals surface area contributed by atoms with Crippen LogP contribution in [-0.2, 0) is 20.7 Å². The minimum atomic E-state index is -1.02. The van der Waals surface area contributed by atoms with Crippen LogP contribution in [0.3, 0.4) is 0 Å². The monoisotopic (exact) mass is 398 g/mol. The van der Waals surface area contributed by atoms with E-state index in [0.29, 0.717) is 16.1 Å². The first-order valence-electron chi connectivity index (χ1n) is 9.04. The number of amides is 1. The third-order valence-electron chi connectivity index (χ3n) is 4.07. The summed E-state index contributed by atoms with van der Waals surface area (Å²) in [5.74, 6) is -1.29. The number of carbonyl (C=O) groups excluding carboxylic acids is 3. The predicted octanol–water partition coefficient (Wildman–Crippen LogP) is 4.11. The quantitative estimate of drug-likeness (QED) is 0.507. The molecule has 0 bridgehead atoms. The molecule has 0 fully saturated rings. The first kappa shape index (κ1) is 21.3. The van der Waals surface area contributed by atoms with Crippen molar-refractivity contribution < 1.29 is 19.1 Å². The molecule has 2 aromatic rings. The van der Waals surface area contributed by atoms with Crippen LogP contribution in [0.25, 0.3) is 0 Å². The van der Waals surface area contributed by atoms with Crippen molar-refractivity contribution in [2.24, 2.45) is 0 Å². The number of nitrogens with zero attached hydrogens (tertiary/aromatic N) is 1. The zero-order chi connectivity index (χ0) is 20.5.